The van der Waals surface area contributed by atoms with Crippen molar-refractivity contribution in [2.75, 3.05) is 20.2 Å². The van der Waals surface area contributed by atoms with Crippen LogP contribution < -0.4 is 5.32 Å². The van der Waals surface area contributed by atoms with Crippen molar-refractivity contribution in [1.82, 2.24) is 10.2 Å². The van der Waals surface area contributed by atoms with Gasteiger partial charge in [0.05, 0.1) is 6.61 Å². The molecule has 0 aromatic heterocycles. The maximum absolute atomic E-state index is 13.6. The maximum Gasteiger partial charge on any atom is 0.253 e. The summed E-state index contributed by atoms with van der Waals surface area (Å²) in [6.07, 6.45) is 1.25. The van der Waals surface area contributed by atoms with E-state index in [1.54, 1.807) is 31.1 Å². The number of rotatable bonds is 6. The highest BCUT2D eigenvalue weighted by Gasteiger charge is 2.27. The van der Waals surface area contributed by atoms with Crippen LogP contribution in [0.1, 0.15) is 39.9 Å². The summed E-state index contributed by atoms with van der Waals surface area (Å²) < 4.78 is 18.8. The highest BCUT2D eigenvalue weighted by Crippen LogP contribution is 2.20. The second-order valence-corrected chi connectivity index (χ2v) is 7.50. The summed E-state index contributed by atoms with van der Waals surface area (Å²) in [5.41, 5.74) is 2.93. The van der Waals surface area contributed by atoms with Gasteiger partial charge in [0.25, 0.3) is 5.91 Å². The molecule has 0 spiro atoms. The van der Waals surface area contributed by atoms with Gasteiger partial charge < -0.3 is 15.0 Å². The van der Waals surface area contributed by atoms with Crippen molar-refractivity contribution in [3.8, 4) is 0 Å². The molecule has 3 rings (SSSR count). The van der Waals surface area contributed by atoms with E-state index in [1.165, 1.54) is 6.07 Å². The molecule has 0 bridgehead atoms. The number of hydrogen-bond donors (Lipinski definition) is 1. The second-order valence-electron chi connectivity index (χ2n) is 7.50. The minimum absolute atomic E-state index is 0.0167. The zero-order valence-corrected chi connectivity index (χ0v) is 16.9. The third-order valence-electron chi connectivity index (χ3n) is 5.34. The average molecular weight is 398 g/mol. The number of amides is 2. The van der Waals surface area contributed by atoms with Crippen LogP contribution >= 0.6 is 0 Å². The molecule has 1 saturated heterocycles. The molecule has 2 aromatic carbocycles. The molecule has 0 saturated carbocycles. The Kier molecular flexibility index (Phi) is 6.99. The van der Waals surface area contributed by atoms with E-state index in [0.717, 1.165) is 11.1 Å². The standard InChI is InChI=1S/C23H27FN2O3/c1-16-6-7-17(13-21(16)24)14-25-22(27)19-8-10-26(11-9-19)23(28)20-5-3-4-18(12-20)15-29-2/h3-7,12-13,19H,8-11,14-15H2,1-2H3,(H,25,27). The monoisotopic (exact) mass is 398 g/mol. The van der Waals surface area contributed by atoms with Crippen LogP contribution in [0, 0.1) is 18.7 Å². The lowest BCUT2D eigenvalue weighted by Crippen LogP contribution is -2.43. The highest BCUT2D eigenvalue weighted by molar-refractivity contribution is 5.94. The predicted octanol–water partition coefficient (Wildman–Crippen LogP) is 3.45. The second kappa shape index (κ2) is 9.65. The molecule has 1 aliphatic heterocycles. The molecule has 154 valence electrons. The van der Waals surface area contributed by atoms with Crippen LogP contribution in [0.3, 0.4) is 0 Å². The van der Waals surface area contributed by atoms with Crippen LogP contribution in [0.4, 0.5) is 4.39 Å². The number of carbonyl (C=O) groups excluding carboxylic acids is 2. The van der Waals surface area contributed by atoms with E-state index in [-0.39, 0.29) is 23.5 Å². The van der Waals surface area contributed by atoms with Crippen molar-refractivity contribution in [3.05, 3.63) is 70.5 Å². The van der Waals surface area contributed by atoms with E-state index in [0.29, 0.717) is 50.2 Å². The van der Waals surface area contributed by atoms with Crippen molar-refractivity contribution in [3.63, 3.8) is 0 Å². The molecular formula is C23H27FN2O3. The van der Waals surface area contributed by atoms with Gasteiger partial charge in [0.1, 0.15) is 5.82 Å². The summed E-state index contributed by atoms with van der Waals surface area (Å²) >= 11 is 0. The molecule has 0 unspecified atom stereocenters. The zero-order chi connectivity index (χ0) is 20.8. The predicted molar refractivity (Wildman–Crippen MR) is 109 cm³/mol. The summed E-state index contributed by atoms with van der Waals surface area (Å²) in [5, 5.41) is 2.89. The number of piperidine rings is 1. The number of hydrogen-bond acceptors (Lipinski definition) is 3. The molecule has 0 aliphatic carbocycles. The summed E-state index contributed by atoms with van der Waals surface area (Å²) in [4.78, 5) is 27.0. The smallest absolute Gasteiger partial charge is 0.253 e. The van der Waals surface area contributed by atoms with Crippen LogP contribution in [0.5, 0.6) is 0 Å². The first-order chi connectivity index (χ1) is 14.0. The van der Waals surface area contributed by atoms with E-state index in [4.69, 9.17) is 4.74 Å². The fourth-order valence-electron chi connectivity index (χ4n) is 3.57. The molecule has 1 fully saturated rings. The molecule has 0 radical (unpaired) electrons. The minimum atomic E-state index is -0.266. The number of nitrogens with zero attached hydrogens (tertiary/aromatic N) is 1. The van der Waals surface area contributed by atoms with E-state index in [9.17, 15) is 14.0 Å². The van der Waals surface area contributed by atoms with Crippen LogP contribution in [0.15, 0.2) is 42.5 Å². The normalized spacial score (nSPS) is 14.7. The van der Waals surface area contributed by atoms with E-state index in [2.05, 4.69) is 5.32 Å². The lowest BCUT2D eigenvalue weighted by Gasteiger charge is -2.31. The molecule has 1 heterocycles. The number of nitrogens with one attached hydrogen (secondary N) is 1. The van der Waals surface area contributed by atoms with Gasteiger partial charge in [-0.2, -0.15) is 0 Å². The van der Waals surface area contributed by atoms with Crippen LogP contribution in [0.2, 0.25) is 0 Å². The first-order valence-electron chi connectivity index (χ1n) is 9.88. The van der Waals surface area contributed by atoms with Crippen LogP contribution in [-0.4, -0.2) is 36.9 Å². The van der Waals surface area contributed by atoms with Crippen molar-refractivity contribution >= 4 is 11.8 Å². The Hall–Kier alpha value is -2.73. The average Bonchev–Trinajstić information content (AvgIpc) is 2.74. The van der Waals surface area contributed by atoms with E-state index >= 15 is 0 Å². The summed E-state index contributed by atoms with van der Waals surface area (Å²) in [7, 11) is 1.62. The number of halogens is 1. The lowest BCUT2D eigenvalue weighted by molar-refractivity contribution is -0.126. The van der Waals surface area contributed by atoms with Gasteiger partial charge in [-0.1, -0.05) is 24.3 Å². The summed E-state index contributed by atoms with van der Waals surface area (Å²) in [6.45, 7) is 3.57. The fraction of sp³-hybridized carbons (Fsp3) is 0.391. The van der Waals surface area contributed by atoms with Gasteiger partial charge in [-0.3, -0.25) is 9.59 Å². The van der Waals surface area contributed by atoms with E-state index in [1.807, 2.05) is 24.3 Å². The van der Waals surface area contributed by atoms with Crippen molar-refractivity contribution in [2.45, 2.75) is 32.9 Å². The Balaban J connectivity index is 1.50. The third kappa shape index (κ3) is 5.41. The van der Waals surface area contributed by atoms with Gasteiger partial charge >= 0.3 is 0 Å². The largest absolute Gasteiger partial charge is 0.380 e. The number of benzene rings is 2. The van der Waals surface area contributed by atoms with Gasteiger partial charge in [-0.05, 0) is 54.7 Å². The number of carbonyl (C=O) groups is 2. The minimum Gasteiger partial charge on any atom is -0.380 e. The highest BCUT2D eigenvalue weighted by atomic mass is 19.1. The summed E-state index contributed by atoms with van der Waals surface area (Å²) in [6, 6.07) is 12.4. The van der Waals surface area contributed by atoms with Crippen molar-refractivity contribution in [1.29, 1.82) is 0 Å². The van der Waals surface area contributed by atoms with Gasteiger partial charge in [-0.25, -0.2) is 4.39 Å². The molecule has 0 atom stereocenters. The van der Waals surface area contributed by atoms with Crippen molar-refractivity contribution in [2.24, 2.45) is 5.92 Å². The van der Waals surface area contributed by atoms with Crippen molar-refractivity contribution < 1.29 is 18.7 Å². The first kappa shape index (κ1) is 21.0. The van der Waals surface area contributed by atoms with Gasteiger partial charge in [-0.15, -0.1) is 0 Å². The number of ether oxygens (including phenoxy) is 1. The third-order valence-corrected chi connectivity index (χ3v) is 5.34. The SMILES string of the molecule is COCc1cccc(C(=O)N2CCC(C(=O)NCc3ccc(C)c(F)c3)CC2)c1. The van der Waals surface area contributed by atoms with Gasteiger partial charge in [0.2, 0.25) is 5.91 Å². The lowest BCUT2D eigenvalue weighted by atomic mass is 9.95. The van der Waals surface area contributed by atoms with Crippen LogP contribution in [-0.2, 0) is 22.7 Å². The fourth-order valence-corrected chi connectivity index (χ4v) is 3.57. The quantitative estimate of drug-likeness (QED) is 0.811. The van der Waals surface area contributed by atoms with E-state index < -0.39 is 0 Å². The molecule has 6 heteroatoms. The zero-order valence-electron chi connectivity index (χ0n) is 16.9. The van der Waals surface area contributed by atoms with Gasteiger partial charge in [0, 0.05) is 38.2 Å². The first-order valence-corrected chi connectivity index (χ1v) is 9.88. The Morgan fingerprint density at radius 3 is 2.59 bits per heavy atom. The molecular weight excluding hydrogens is 371 g/mol. The Morgan fingerprint density at radius 2 is 1.90 bits per heavy atom. The number of likely N-dealkylation sites (tertiary alicyclic amines) is 1. The Labute approximate surface area is 170 Å². The number of methoxy groups -OCH3 is 1. The Bertz CT molecular complexity index is 876. The molecule has 1 N–H and O–H groups in total. The Morgan fingerprint density at radius 1 is 1.14 bits per heavy atom. The maximum atomic E-state index is 13.6. The molecule has 2 amide bonds. The van der Waals surface area contributed by atoms with Crippen LogP contribution in [0.25, 0.3) is 0 Å². The topological polar surface area (TPSA) is 58.6 Å². The summed E-state index contributed by atoms with van der Waals surface area (Å²) in [5.74, 6) is -0.454. The molecule has 1 aliphatic rings. The number of aryl methyl sites for hydroxylation is 1. The molecule has 29 heavy (non-hydrogen) atoms. The molecule has 2 aromatic rings. The van der Waals surface area contributed by atoms with Gasteiger partial charge in [0.15, 0.2) is 0 Å². The molecule has 5 nitrogen and oxygen atoms in total.